The zero-order chi connectivity index (χ0) is 19.5. The molecule has 4 aromatic rings. The molecule has 0 aliphatic rings. The van der Waals surface area contributed by atoms with E-state index in [2.05, 4.69) is 20.6 Å². The molecule has 0 radical (unpaired) electrons. The summed E-state index contributed by atoms with van der Waals surface area (Å²) in [6.45, 7) is 1.99. The molecule has 2 aromatic carbocycles. The lowest BCUT2D eigenvalue weighted by molar-refractivity contribution is 0.0452. The maximum atomic E-state index is 12.7. The van der Waals surface area contributed by atoms with Gasteiger partial charge in [-0.3, -0.25) is 4.79 Å². The van der Waals surface area contributed by atoms with E-state index in [4.69, 9.17) is 4.74 Å². The number of hydrogen-bond donors (Lipinski definition) is 0. The predicted octanol–water partition coefficient (Wildman–Crippen LogP) is 1.75. The van der Waals surface area contributed by atoms with E-state index < -0.39 is 5.97 Å². The lowest BCUT2D eigenvalue weighted by Crippen LogP contribution is -2.26. The molecule has 4 rings (SSSR count). The van der Waals surface area contributed by atoms with Gasteiger partial charge in [0.05, 0.1) is 11.1 Å². The molecular weight excluding hydrogens is 360 g/mol. The molecule has 9 heteroatoms. The first-order valence-corrected chi connectivity index (χ1v) is 8.68. The van der Waals surface area contributed by atoms with Crippen LogP contribution in [0, 0.1) is 0 Å². The van der Waals surface area contributed by atoms with Crippen LogP contribution in [-0.4, -0.2) is 36.0 Å². The number of esters is 1. The lowest BCUT2D eigenvalue weighted by atomic mass is 10.1. The van der Waals surface area contributed by atoms with Gasteiger partial charge in [-0.05, 0) is 35.5 Å². The highest BCUT2D eigenvalue weighted by molar-refractivity contribution is 6.02. The van der Waals surface area contributed by atoms with Gasteiger partial charge in [0.2, 0.25) is 0 Å². The molecule has 2 heterocycles. The van der Waals surface area contributed by atoms with E-state index in [0.717, 1.165) is 5.69 Å². The second kappa shape index (κ2) is 7.39. The van der Waals surface area contributed by atoms with Crippen molar-refractivity contribution in [3.8, 4) is 5.69 Å². The Bertz CT molecular complexity index is 1200. The molecule has 2 aromatic heterocycles. The third kappa shape index (κ3) is 3.13. The predicted molar refractivity (Wildman–Crippen MR) is 100.0 cm³/mol. The van der Waals surface area contributed by atoms with Gasteiger partial charge in [-0.1, -0.05) is 36.4 Å². The average molecular weight is 376 g/mol. The normalized spacial score (nSPS) is 10.9. The molecule has 140 valence electrons. The summed E-state index contributed by atoms with van der Waals surface area (Å²) >= 11 is 0. The summed E-state index contributed by atoms with van der Waals surface area (Å²) in [4.78, 5) is 25.1. The maximum absolute atomic E-state index is 12.7. The van der Waals surface area contributed by atoms with Crippen molar-refractivity contribution < 1.29 is 9.53 Å². The summed E-state index contributed by atoms with van der Waals surface area (Å²) in [5.74, 6) is -0.284. The SMILES string of the molecule is CCn1nc(C(=O)OCc2nnnn2-c2ccccc2)c2ccccc2c1=O. The Kier molecular flexibility index (Phi) is 4.63. The lowest BCUT2D eigenvalue weighted by Gasteiger charge is -2.09. The van der Waals surface area contributed by atoms with E-state index in [1.807, 2.05) is 30.3 Å². The molecule has 0 unspecified atom stereocenters. The number of carbonyl (C=O) groups is 1. The van der Waals surface area contributed by atoms with Crippen LogP contribution in [0.2, 0.25) is 0 Å². The van der Waals surface area contributed by atoms with Gasteiger partial charge in [0.25, 0.3) is 5.56 Å². The molecule has 0 fully saturated rings. The number of rotatable bonds is 5. The van der Waals surface area contributed by atoms with Crippen LogP contribution in [0.3, 0.4) is 0 Å². The van der Waals surface area contributed by atoms with Crippen molar-refractivity contribution in [2.45, 2.75) is 20.1 Å². The second-order valence-electron chi connectivity index (χ2n) is 5.93. The van der Waals surface area contributed by atoms with Crippen molar-refractivity contribution in [2.24, 2.45) is 0 Å². The number of aromatic nitrogens is 6. The van der Waals surface area contributed by atoms with Gasteiger partial charge in [-0.2, -0.15) is 9.78 Å². The standard InChI is InChI=1S/C19H16N6O3/c1-2-24-18(26)15-11-7-6-10-14(15)17(21-24)19(27)28-12-16-20-22-23-25(16)13-8-4-3-5-9-13/h3-11H,2,12H2,1H3. The van der Waals surface area contributed by atoms with Crippen LogP contribution >= 0.6 is 0 Å². The van der Waals surface area contributed by atoms with E-state index in [0.29, 0.717) is 23.1 Å². The summed E-state index contributed by atoms with van der Waals surface area (Å²) < 4.78 is 8.14. The molecule has 0 amide bonds. The van der Waals surface area contributed by atoms with Crippen LogP contribution in [0.15, 0.2) is 59.4 Å². The molecule has 0 bridgehead atoms. The smallest absolute Gasteiger partial charge is 0.359 e. The number of benzene rings is 2. The van der Waals surface area contributed by atoms with Crippen LogP contribution in [0.25, 0.3) is 16.5 Å². The molecule has 0 spiro atoms. The number of para-hydroxylation sites is 1. The first-order chi connectivity index (χ1) is 13.7. The quantitative estimate of drug-likeness (QED) is 0.489. The topological polar surface area (TPSA) is 105 Å². The van der Waals surface area contributed by atoms with Crippen LogP contribution < -0.4 is 5.56 Å². The second-order valence-corrected chi connectivity index (χ2v) is 5.93. The molecule has 0 aliphatic heterocycles. The van der Waals surface area contributed by atoms with Crippen LogP contribution in [0.5, 0.6) is 0 Å². The van der Waals surface area contributed by atoms with Crippen molar-refractivity contribution >= 4 is 16.7 Å². The minimum Gasteiger partial charge on any atom is -0.453 e. The highest BCUT2D eigenvalue weighted by Crippen LogP contribution is 2.15. The summed E-state index contributed by atoms with van der Waals surface area (Å²) in [5, 5.41) is 16.5. The number of carbonyl (C=O) groups excluding carboxylic acids is 1. The zero-order valence-corrected chi connectivity index (χ0v) is 15.0. The Labute approximate surface area is 159 Å². The minimum absolute atomic E-state index is 0.0794. The van der Waals surface area contributed by atoms with Gasteiger partial charge in [-0.15, -0.1) is 5.10 Å². The van der Waals surface area contributed by atoms with Gasteiger partial charge >= 0.3 is 5.97 Å². The van der Waals surface area contributed by atoms with Gasteiger partial charge in [-0.25, -0.2) is 9.48 Å². The zero-order valence-electron chi connectivity index (χ0n) is 15.0. The number of tetrazole rings is 1. The summed E-state index contributed by atoms with van der Waals surface area (Å²) in [7, 11) is 0. The Morgan fingerprint density at radius 2 is 1.75 bits per heavy atom. The van der Waals surface area contributed by atoms with Gasteiger partial charge in [0.15, 0.2) is 18.1 Å². The van der Waals surface area contributed by atoms with Crippen LogP contribution in [0.1, 0.15) is 23.2 Å². The Morgan fingerprint density at radius 1 is 1.04 bits per heavy atom. The summed E-state index contributed by atoms with van der Waals surface area (Å²) in [5.41, 5.74) is 0.583. The number of ether oxygens (including phenoxy) is 1. The summed E-state index contributed by atoms with van der Waals surface area (Å²) in [6.07, 6.45) is 0. The minimum atomic E-state index is -0.652. The maximum Gasteiger partial charge on any atom is 0.359 e. The van der Waals surface area contributed by atoms with Gasteiger partial charge in [0, 0.05) is 11.9 Å². The molecule has 0 atom stereocenters. The van der Waals surface area contributed by atoms with Crippen molar-refractivity contribution in [1.82, 2.24) is 30.0 Å². The fraction of sp³-hybridized carbons (Fsp3) is 0.158. The molecule has 0 aliphatic carbocycles. The Hall–Kier alpha value is -3.88. The highest BCUT2D eigenvalue weighted by atomic mass is 16.5. The van der Waals surface area contributed by atoms with E-state index in [-0.39, 0.29) is 17.9 Å². The highest BCUT2D eigenvalue weighted by Gasteiger charge is 2.19. The number of aryl methyl sites for hydroxylation is 1. The third-order valence-electron chi connectivity index (χ3n) is 4.23. The van der Waals surface area contributed by atoms with E-state index in [1.165, 1.54) is 9.36 Å². The van der Waals surface area contributed by atoms with E-state index in [1.54, 1.807) is 31.2 Å². The van der Waals surface area contributed by atoms with Crippen LogP contribution in [-0.2, 0) is 17.9 Å². The molecule has 0 saturated carbocycles. The number of hydrogen-bond acceptors (Lipinski definition) is 7. The van der Waals surface area contributed by atoms with E-state index >= 15 is 0 Å². The van der Waals surface area contributed by atoms with Crippen molar-refractivity contribution in [3.05, 3.63) is 76.5 Å². The van der Waals surface area contributed by atoms with Crippen LogP contribution in [0.4, 0.5) is 0 Å². The summed E-state index contributed by atoms with van der Waals surface area (Å²) in [6, 6.07) is 16.1. The van der Waals surface area contributed by atoms with Gasteiger partial charge < -0.3 is 4.74 Å². The monoisotopic (exact) mass is 376 g/mol. The van der Waals surface area contributed by atoms with Crippen molar-refractivity contribution in [3.63, 3.8) is 0 Å². The third-order valence-corrected chi connectivity index (χ3v) is 4.23. The first kappa shape index (κ1) is 17.5. The molecule has 0 saturated heterocycles. The average Bonchev–Trinajstić information content (AvgIpc) is 3.22. The Morgan fingerprint density at radius 3 is 2.50 bits per heavy atom. The van der Waals surface area contributed by atoms with E-state index in [9.17, 15) is 9.59 Å². The molecule has 9 nitrogen and oxygen atoms in total. The largest absolute Gasteiger partial charge is 0.453 e. The Balaban J connectivity index is 1.64. The fourth-order valence-corrected chi connectivity index (χ4v) is 2.86. The first-order valence-electron chi connectivity index (χ1n) is 8.68. The molecule has 28 heavy (non-hydrogen) atoms. The number of nitrogens with zero attached hydrogens (tertiary/aromatic N) is 6. The number of fused-ring (bicyclic) bond motifs is 1. The van der Waals surface area contributed by atoms with Gasteiger partial charge in [0.1, 0.15) is 0 Å². The molecule has 0 N–H and O–H groups in total. The fourth-order valence-electron chi connectivity index (χ4n) is 2.86. The molecular formula is C19H16N6O3. The van der Waals surface area contributed by atoms with Crippen molar-refractivity contribution in [1.29, 1.82) is 0 Å². The van der Waals surface area contributed by atoms with Crippen molar-refractivity contribution in [2.75, 3.05) is 0 Å².